The molecule has 0 saturated carbocycles. The molecule has 3 aromatic carbocycles. The molecular formula is C25H12Cl7FN2O4. The maximum atomic E-state index is 14.0. The number of halogens is 8. The molecule has 0 spiro atoms. The van der Waals surface area contributed by atoms with Gasteiger partial charge in [0.1, 0.15) is 11.9 Å². The van der Waals surface area contributed by atoms with Crippen molar-refractivity contribution in [2.75, 3.05) is 5.88 Å². The van der Waals surface area contributed by atoms with Gasteiger partial charge in [0.15, 0.2) is 5.78 Å². The number of hydrazine groups is 1. The van der Waals surface area contributed by atoms with E-state index in [9.17, 15) is 23.6 Å². The summed E-state index contributed by atoms with van der Waals surface area (Å²) in [5, 5.41) is -0.216. The second kappa shape index (κ2) is 11.8. The SMILES string of the molecule is O=C(c1ccc(F)cc1)[C@H](CCCl)N(C(=O)c1ccc(Cl)cc1Cl)N1C(=O)c2c(Cl)c(Cl)c(Cl)c(Cl)c2C1=O. The second-order valence-electron chi connectivity index (χ2n) is 8.07. The Bertz CT molecular complexity index is 1500. The normalized spacial score (nSPS) is 13.5. The quantitative estimate of drug-likeness (QED) is 0.0834. The van der Waals surface area contributed by atoms with Gasteiger partial charge in [-0.1, -0.05) is 69.6 Å². The number of hydrogen-bond donors (Lipinski definition) is 0. The predicted octanol–water partition coefficient (Wildman–Crippen LogP) is 8.28. The van der Waals surface area contributed by atoms with Crippen molar-refractivity contribution in [3.8, 4) is 0 Å². The molecule has 1 aliphatic heterocycles. The fourth-order valence-electron chi connectivity index (χ4n) is 3.97. The van der Waals surface area contributed by atoms with Crippen LogP contribution in [0.5, 0.6) is 0 Å². The number of amides is 3. The molecule has 0 unspecified atom stereocenters. The van der Waals surface area contributed by atoms with Crippen LogP contribution >= 0.6 is 81.2 Å². The Kier molecular flexibility index (Phi) is 9.03. The number of fused-ring (bicyclic) bond motifs is 1. The molecule has 6 nitrogen and oxygen atoms in total. The fraction of sp³-hybridized carbons (Fsp3) is 0.120. The first-order valence-electron chi connectivity index (χ1n) is 10.8. The van der Waals surface area contributed by atoms with Crippen LogP contribution in [0.15, 0.2) is 42.5 Å². The van der Waals surface area contributed by atoms with Crippen molar-refractivity contribution in [1.29, 1.82) is 0 Å². The third kappa shape index (κ3) is 5.34. The molecule has 0 fully saturated rings. The molecule has 14 heteroatoms. The molecule has 0 aliphatic carbocycles. The molecule has 3 aromatic rings. The first-order valence-corrected chi connectivity index (χ1v) is 13.6. The number of alkyl halides is 1. The van der Waals surface area contributed by atoms with Crippen LogP contribution in [-0.4, -0.2) is 45.4 Å². The minimum atomic E-state index is -1.54. The van der Waals surface area contributed by atoms with Crippen molar-refractivity contribution in [2.45, 2.75) is 12.5 Å². The summed E-state index contributed by atoms with van der Waals surface area (Å²) >= 11 is 43.0. The zero-order chi connectivity index (χ0) is 28.8. The molecule has 0 N–H and O–H groups in total. The van der Waals surface area contributed by atoms with E-state index >= 15 is 0 Å². The van der Waals surface area contributed by atoms with Crippen molar-refractivity contribution < 1.29 is 23.6 Å². The van der Waals surface area contributed by atoms with Crippen LogP contribution in [0.4, 0.5) is 4.39 Å². The van der Waals surface area contributed by atoms with Gasteiger partial charge >= 0.3 is 0 Å². The Hall–Kier alpha value is -2.10. The molecular weight excluding hydrogens is 659 g/mol. The summed E-state index contributed by atoms with van der Waals surface area (Å²) in [7, 11) is 0. The Morgan fingerprint density at radius 1 is 0.821 bits per heavy atom. The van der Waals surface area contributed by atoms with Gasteiger partial charge in [0, 0.05) is 16.5 Å². The zero-order valence-electron chi connectivity index (χ0n) is 19.1. The van der Waals surface area contributed by atoms with E-state index in [-0.39, 0.29) is 53.6 Å². The van der Waals surface area contributed by atoms with Crippen LogP contribution < -0.4 is 0 Å². The van der Waals surface area contributed by atoms with Gasteiger partial charge in [0.05, 0.1) is 41.8 Å². The Labute approximate surface area is 256 Å². The van der Waals surface area contributed by atoms with Crippen LogP contribution in [0, 0.1) is 5.82 Å². The summed E-state index contributed by atoms with van der Waals surface area (Å²) in [4.78, 5) is 55.1. The smallest absolute Gasteiger partial charge is 0.282 e. The van der Waals surface area contributed by atoms with Gasteiger partial charge < -0.3 is 0 Å². The Balaban J connectivity index is 1.94. The number of ketones is 1. The topological polar surface area (TPSA) is 74.8 Å². The van der Waals surface area contributed by atoms with Crippen molar-refractivity contribution >= 4 is 105 Å². The van der Waals surface area contributed by atoms with Gasteiger partial charge in [-0.2, -0.15) is 5.01 Å². The molecule has 202 valence electrons. The lowest BCUT2D eigenvalue weighted by molar-refractivity contribution is -0.00959. The van der Waals surface area contributed by atoms with Gasteiger partial charge in [-0.3, -0.25) is 19.2 Å². The molecule has 0 radical (unpaired) electrons. The summed E-state index contributed by atoms with van der Waals surface area (Å²) in [6.45, 7) is 0. The highest BCUT2D eigenvalue weighted by Crippen LogP contribution is 2.45. The van der Waals surface area contributed by atoms with E-state index in [4.69, 9.17) is 81.2 Å². The summed E-state index contributed by atoms with van der Waals surface area (Å²) < 4.78 is 13.6. The third-order valence-electron chi connectivity index (χ3n) is 5.77. The average Bonchev–Trinajstić information content (AvgIpc) is 3.15. The molecule has 39 heavy (non-hydrogen) atoms. The van der Waals surface area contributed by atoms with E-state index in [2.05, 4.69) is 0 Å². The van der Waals surface area contributed by atoms with Crippen molar-refractivity contribution in [2.24, 2.45) is 0 Å². The summed E-state index contributed by atoms with van der Waals surface area (Å²) in [5.74, 6) is -4.78. The lowest BCUT2D eigenvalue weighted by Crippen LogP contribution is -2.57. The minimum absolute atomic E-state index is 0.0229. The summed E-state index contributed by atoms with van der Waals surface area (Å²) in [5.41, 5.74) is -1.05. The molecule has 0 aromatic heterocycles. The molecule has 3 amide bonds. The Morgan fingerprint density at radius 3 is 1.85 bits per heavy atom. The maximum absolute atomic E-state index is 14.0. The number of carbonyl (C=O) groups excluding carboxylic acids is 4. The van der Waals surface area contributed by atoms with E-state index < -0.39 is 46.5 Å². The van der Waals surface area contributed by atoms with E-state index in [0.717, 1.165) is 12.1 Å². The molecule has 4 rings (SSSR count). The highest BCUT2D eigenvalue weighted by Gasteiger charge is 2.49. The average molecular weight is 672 g/mol. The highest BCUT2D eigenvalue weighted by atomic mass is 35.5. The van der Waals surface area contributed by atoms with Crippen molar-refractivity contribution in [1.82, 2.24) is 10.0 Å². The monoisotopic (exact) mass is 668 g/mol. The van der Waals surface area contributed by atoms with Crippen LogP contribution in [0.3, 0.4) is 0 Å². The number of benzene rings is 3. The van der Waals surface area contributed by atoms with Crippen LogP contribution in [0.25, 0.3) is 0 Å². The first kappa shape index (κ1) is 29.9. The third-order valence-corrected chi connectivity index (χ3v) is 8.34. The molecule has 0 saturated heterocycles. The lowest BCUT2D eigenvalue weighted by atomic mass is 10.0. The molecule has 0 bridgehead atoms. The van der Waals surface area contributed by atoms with Crippen LogP contribution in [-0.2, 0) is 0 Å². The maximum Gasteiger partial charge on any atom is 0.282 e. The molecule has 1 heterocycles. The molecule has 1 aliphatic rings. The number of imide groups is 1. The van der Waals surface area contributed by atoms with Gasteiger partial charge in [-0.15, -0.1) is 11.6 Å². The Morgan fingerprint density at radius 2 is 1.36 bits per heavy atom. The van der Waals surface area contributed by atoms with Crippen LogP contribution in [0.2, 0.25) is 30.1 Å². The van der Waals surface area contributed by atoms with Crippen LogP contribution in [0.1, 0.15) is 47.9 Å². The van der Waals surface area contributed by atoms with Gasteiger partial charge in [-0.25, -0.2) is 9.40 Å². The van der Waals surface area contributed by atoms with E-state index in [0.29, 0.717) is 10.0 Å². The van der Waals surface area contributed by atoms with Gasteiger partial charge in [-0.05, 0) is 48.9 Å². The summed E-state index contributed by atoms with van der Waals surface area (Å²) in [6.07, 6.45) is -0.231. The number of carbonyl (C=O) groups is 4. The van der Waals surface area contributed by atoms with Gasteiger partial charge in [0.2, 0.25) is 0 Å². The largest absolute Gasteiger partial charge is 0.292 e. The van der Waals surface area contributed by atoms with Crippen molar-refractivity contribution in [3.63, 3.8) is 0 Å². The zero-order valence-corrected chi connectivity index (χ0v) is 24.4. The van der Waals surface area contributed by atoms with E-state index in [1.165, 1.54) is 30.3 Å². The number of hydrogen-bond acceptors (Lipinski definition) is 4. The first-order chi connectivity index (χ1) is 18.4. The van der Waals surface area contributed by atoms with E-state index in [1.54, 1.807) is 0 Å². The van der Waals surface area contributed by atoms with Crippen molar-refractivity contribution in [3.05, 3.63) is 101 Å². The molecule has 1 atom stereocenters. The number of rotatable bonds is 7. The standard InChI is InChI=1S/C25H12Cl7FN2O4/c26-8-7-15(22(36)10-1-4-12(33)5-2-10)34(23(37)13-6-3-11(27)9-14(13)28)35-24(38)16-17(25(35)39)19(30)21(32)20(31)18(16)29/h1-6,9,15H,7-8H2/t15-/m0/s1. The number of nitrogens with zero attached hydrogens (tertiary/aromatic N) is 2. The van der Waals surface area contributed by atoms with E-state index in [1.807, 2.05) is 0 Å². The predicted molar refractivity (Wildman–Crippen MR) is 149 cm³/mol. The highest BCUT2D eigenvalue weighted by molar-refractivity contribution is 6.55. The number of Topliss-reactive ketones (excluding diaryl/α,β-unsaturated/α-hetero) is 1. The summed E-state index contributed by atoms with van der Waals surface area (Å²) in [6, 6.07) is 6.79. The fourth-order valence-corrected chi connectivity index (χ4v) is 5.68. The minimum Gasteiger partial charge on any atom is -0.292 e. The van der Waals surface area contributed by atoms with Gasteiger partial charge in [0.25, 0.3) is 17.7 Å². The lowest BCUT2D eigenvalue weighted by Gasteiger charge is -2.36. The second-order valence-corrected chi connectivity index (χ2v) is 10.8.